The van der Waals surface area contributed by atoms with Gasteiger partial charge >= 0.3 is 0 Å². The third-order valence-corrected chi connectivity index (χ3v) is 4.39. The van der Waals surface area contributed by atoms with E-state index in [2.05, 4.69) is 58.0 Å². The topological polar surface area (TPSA) is 44.4 Å². The minimum absolute atomic E-state index is 0.0367. The number of carbonyl (C=O) groups excluding carboxylic acids is 1. The number of amides is 1. The van der Waals surface area contributed by atoms with Gasteiger partial charge in [-0.15, -0.1) is 0 Å². The average Bonchev–Trinajstić information content (AvgIpc) is 3.02. The van der Waals surface area contributed by atoms with Gasteiger partial charge in [0.15, 0.2) is 0 Å². The average molecular weight is 323 g/mol. The van der Waals surface area contributed by atoms with Crippen molar-refractivity contribution >= 4 is 11.6 Å². The summed E-state index contributed by atoms with van der Waals surface area (Å²) in [5.74, 6) is -0.0367. The summed E-state index contributed by atoms with van der Waals surface area (Å²) in [5.41, 5.74) is 3.47. The van der Waals surface area contributed by atoms with Gasteiger partial charge in [0.25, 0.3) is 0 Å². The molecule has 1 fully saturated rings. The number of anilines is 1. The summed E-state index contributed by atoms with van der Waals surface area (Å²) in [6.45, 7) is 5.66. The zero-order valence-electron chi connectivity index (χ0n) is 14.2. The van der Waals surface area contributed by atoms with E-state index in [-0.39, 0.29) is 5.91 Å². The van der Waals surface area contributed by atoms with E-state index in [1.54, 1.807) is 0 Å². The number of carbonyl (C=O) groups is 1. The molecule has 0 bridgehead atoms. The monoisotopic (exact) mass is 323 g/mol. The van der Waals surface area contributed by atoms with Crippen LogP contribution in [0, 0.1) is 0 Å². The first-order valence-corrected chi connectivity index (χ1v) is 8.55. The Morgan fingerprint density at radius 2 is 1.83 bits per heavy atom. The highest BCUT2D eigenvalue weighted by atomic mass is 16.1. The number of hydrogen-bond acceptors (Lipinski definition) is 3. The van der Waals surface area contributed by atoms with Crippen molar-refractivity contribution in [3.8, 4) is 0 Å². The summed E-state index contributed by atoms with van der Waals surface area (Å²) >= 11 is 0. The molecule has 0 radical (unpaired) electrons. The van der Waals surface area contributed by atoms with Gasteiger partial charge in [-0.1, -0.05) is 42.5 Å². The molecule has 0 unspecified atom stereocenters. The van der Waals surface area contributed by atoms with Crippen LogP contribution in [-0.2, 0) is 17.9 Å². The van der Waals surface area contributed by atoms with Crippen molar-refractivity contribution in [2.24, 2.45) is 0 Å². The van der Waals surface area contributed by atoms with E-state index in [1.165, 1.54) is 24.5 Å². The van der Waals surface area contributed by atoms with Crippen molar-refractivity contribution in [1.82, 2.24) is 10.2 Å². The lowest BCUT2D eigenvalue weighted by atomic mass is 10.2. The van der Waals surface area contributed by atoms with E-state index in [1.807, 2.05) is 12.1 Å². The SMILES string of the molecule is CC(=O)Nc1ccc(CN[C@H]2CCN(Cc3ccccc3)C2)cc1. The third-order valence-electron chi connectivity index (χ3n) is 4.39. The van der Waals surface area contributed by atoms with Crippen LogP contribution in [0.15, 0.2) is 54.6 Å². The van der Waals surface area contributed by atoms with Crippen LogP contribution >= 0.6 is 0 Å². The predicted molar refractivity (Wildman–Crippen MR) is 97.7 cm³/mol. The molecule has 0 saturated carbocycles. The molecule has 126 valence electrons. The smallest absolute Gasteiger partial charge is 0.221 e. The lowest BCUT2D eigenvalue weighted by Gasteiger charge is -2.17. The van der Waals surface area contributed by atoms with Crippen molar-refractivity contribution in [3.63, 3.8) is 0 Å². The fourth-order valence-electron chi connectivity index (χ4n) is 3.16. The molecule has 0 spiro atoms. The highest BCUT2D eigenvalue weighted by Crippen LogP contribution is 2.15. The van der Waals surface area contributed by atoms with Crippen LogP contribution < -0.4 is 10.6 Å². The Morgan fingerprint density at radius 3 is 2.54 bits per heavy atom. The van der Waals surface area contributed by atoms with Crippen molar-refractivity contribution in [3.05, 3.63) is 65.7 Å². The number of nitrogens with one attached hydrogen (secondary N) is 2. The molecule has 1 atom stereocenters. The lowest BCUT2D eigenvalue weighted by molar-refractivity contribution is -0.114. The van der Waals surface area contributed by atoms with Crippen LogP contribution in [0.25, 0.3) is 0 Å². The Bertz CT molecular complexity index is 654. The summed E-state index contributed by atoms with van der Waals surface area (Å²) in [6, 6.07) is 19.2. The summed E-state index contributed by atoms with van der Waals surface area (Å²) < 4.78 is 0. The molecule has 1 amide bonds. The lowest BCUT2D eigenvalue weighted by Crippen LogP contribution is -2.31. The summed E-state index contributed by atoms with van der Waals surface area (Å²) in [4.78, 5) is 13.5. The summed E-state index contributed by atoms with van der Waals surface area (Å²) in [5, 5.41) is 6.44. The molecule has 1 aliphatic rings. The minimum atomic E-state index is -0.0367. The number of benzene rings is 2. The zero-order chi connectivity index (χ0) is 16.8. The van der Waals surface area contributed by atoms with Crippen LogP contribution in [0.4, 0.5) is 5.69 Å². The maximum Gasteiger partial charge on any atom is 0.221 e. The molecule has 4 heteroatoms. The van der Waals surface area contributed by atoms with E-state index in [0.717, 1.165) is 31.9 Å². The molecule has 2 aromatic rings. The Morgan fingerprint density at radius 1 is 1.08 bits per heavy atom. The summed E-state index contributed by atoms with van der Waals surface area (Å²) in [6.07, 6.45) is 1.19. The molecule has 1 aliphatic heterocycles. The van der Waals surface area contributed by atoms with Gasteiger partial charge in [-0.25, -0.2) is 0 Å². The van der Waals surface area contributed by atoms with Crippen molar-refractivity contribution in [1.29, 1.82) is 0 Å². The number of rotatable bonds is 6. The van der Waals surface area contributed by atoms with Crippen LogP contribution in [0.5, 0.6) is 0 Å². The van der Waals surface area contributed by atoms with Gasteiger partial charge in [0.2, 0.25) is 5.91 Å². The number of nitrogens with zero attached hydrogens (tertiary/aromatic N) is 1. The second kappa shape index (κ2) is 8.08. The Labute approximate surface area is 143 Å². The van der Waals surface area contributed by atoms with Gasteiger partial charge < -0.3 is 10.6 Å². The van der Waals surface area contributed by atoms with E-state index in [4.69, 9.17) is 0 Å². The molecule has 4 nitrogen and oxygen atoms in total. The van der Waals surface area contributed by atoms with Crippen molar-refractivity contribution in [2.75, 3.05) is 18.4 Å². The first-order valence-electron chi connectivity index (χ1n) is 8.55. The molecule has 1 saturated heterocycles. The zero-order valence-corrected chi connectivity index (χ0v) is 14.2. The quantitative estimate of drug-likeness (QED) is 0.859. The van der Waals surface area contributed by atoms with E-state index >= 15 is 0 Å². The van der Waals surface area contributed by atoms with E-state index in [9.17, 15) is 4.79 Å². The van der Waals surface area contributed by atoms with Gasteiger partial charge in [-0.2, -0.15) is 0 Å². The Balaban J connectivity index is 1.43. The first-order chi connectivity index (χ1) is 11.7. The van der Waals surface area contributed by atoms with Crippen LogP contribution in [-0.4, -0.2) is 29.9 Å². The number of likely N-dealkylation sites (tertiary alicyclic amines) is 1. The van der Waals surface area contributed by atoms with E-state index < -0.39 is 0 Å². The Hall–Kier alpha value is -2.17. The molecule has 1 heterocycles. The Kier molecular flexibility index (Phi) is 5.62. The molecule has 3 rings (SSSR count). The molecule has 24 heavy (non-hydrogen) atoms. The van der Waals surface area contributed by atoms with Gasteiger partial charge in [0.05, 0.1) is 0 Å². The minimum Gasteiger partial charge on any atom is -0.326 e. The number of hydrogen-bond donors (Lipinski definition) is 2. The predicted octanol–water partition coefficient (Wildman–Crippen LogP) is 3.01. The highest BCUT2D eigenvalue weighted by molar-refractivity contribution is 5.88. The standard InChI is InChI=1S/C20H25N3O/c1-16(24)22-19-9-7-17(8-10-19)13-21-20-11-12-23(15-20)14-18-5-3-2-4-6-18/h2-10,20-21H,11-15H2,1H3,(H,22,24)/t20-/m0/s1. The molecular formula is C20H25N3O. The van der Waals surface area contributed by atoms with E-state index in [0.29, 0.717) is 6.04 Å². The molecular weight excluding hydrogens is 298 g/mol. The fraction of sp³-hybridized carbons (Fsp3) is 0.350. The molecule has 0 aliphatic carbocycles. The van der Waals surface area contributed by atoms with Gasteiger partial charge in [0, 0.05) is 44.8 Å². The van der Waals surface area contributed by atoms with Crippen LogP contribution in [0.1, 0.15) is 24.5 Å². The maximum atomic E-state index is 11.0. The van der Waals surface area contributed by atoms with Crippen molar-refractivity contribution in [2.45, 2.75) is 32.5 Å². The highest BCUT2D eigenvalue weighted by Gasteiger charge is 2.21. The molecule has 2 aromatic carbocycles. The normalized spacial score (nSPS) is 17.8. The van der Waals surface area contributed by atoms with Gasteiger partial charge in [-0.3, -0.25) is 9.69 Å². The fourth-order valence-corrected chi connectivity index (χ4v) is 3.16. The van der Waals surface area contributed by atoms with Gasteiger partial charge in [-0.05, 0) is 29.7 Å². The van der Waals surface area contributed by atoms with Gasteiger partial charge in [0.1, 0.15) is 0 Å². The van der Waals surface area contributed by atoms with Crippen LogP contribution in [0.3, 0.4) is 0 Å². The third kappa shape index (κ3) is 4.91. The molecule has 2 N–H and O–H groups in total. The largest absolute Gasteiger partial charge is 0.326 e. The maximum absolute atomic E-state index is 11.0. The molecule has 0 aromatic heterocycles. The summed E-state index contributed by atoms with van der Waals surface area (Å²) in [7, 11) is 0. The second-order valence-electron chi connectivity index (χ2n) is 6.47. The second-order valence-corrected chi connectivity index (χ2v) is 6.47. The van der Waals surface area contributed by atoms with Crippen molar-refractivity contribution < 1.29 is 4.79 Å². The van der Waals surface area contributed by atoms with Crippen LogP contribution in [0.2, 0.25) is 0 Å². The first kappa shape index (κ1) is 16.7.